The molecule has 2 unspecified atom stereocenters. The molecular weight excluding hydrogens is 222 g/mol. The van der Waals surface area contributed by atoms with Gasteiger partial charge in [-0.3, -0.25) is 4.90 Å². The van der Waals surface area contributed by atoms with E-state index >= 15 is 0 Å². The minimum atomic E-state index is -0.464. The fourth-order valence-corrected chi connectivity index (χ4v) is 2.74. The van der Waals surface area contributed by atoms with Crippen molar-refractivity contribution in [3.8, 4) is 0 Å². The molecule has 0 bridgehead atoms. The van der Waals surface area contributed by atoms with Crippen LogP contribution < -0.4 is 5.73 Å². The maximum Gasteiger partial charge on any atom is 0.130 e. The molecule has 0 spiro atoms. The van der Waals surface area contributed by atoms with Crippen molar-refractivity contribution in [1.82, 2.24) is 4.90 Å². The zero-order chi connectivity index (χ0) is 12.4. The highest BCUT2D eigenvalue weighted by Crippen LogP contribution is 2.38. The second kappa shape index (κ2) is 5.10. The Labute approximate surface area is 100 Å². The van der Waals surface area contributed by atoms with Gasteiger partial charge in [-0.15, -0.1) is 0 Å². The monoisotopic (exact) mass is 240 g/mol. The maximum absolute atomic E-state index is 13.8. The number of hydrogen-bond donors (Lipinski definition) is 1. The van der Waals surface area contributed by atoms with E-state index in [0.717, 1.165) is 19.5 Å². The number of rotatable bonds is 3. The van der Waals surface area contributed by atoms with Crippen LogP contribution in [0.4, 0.5) is 8.78 Å². The van der Waals surface area contributed by atoms with E-state index in [2.05, 4.69) is 4.90 Å². The molecule has 94 valence electrons. The Morgan fingerprint density at radius 2 is 2.00 bits per heavy atom. The zero-order valence-corrected chi connectivity index (χ0v) is 10.00. The Hall–Kier alpha value is -1.00. The van der Waals surface area contributed by atoms with E-state index in [1.807, 2.05) is 6.92 Å². The predicted octanol–water partition coefficient (Wildman–Crippen LogP) is 2.31. The van der Waals surface area contributed by atoms with Gasteiger partial charge < -0.3 is 5.73 Å². The highest BCUT2D eigenvalue weighted by atomic mass is 19.1. The molecule has 0 aromatic heterocycles. The van der Waals surface area contributed by atoms with Gasteiger partial charge in [0.1, 0.15) is 11.6 Å². The molecule has 17 heavy (non-hydrogen) atoms. The molecule has 0 amide bonds. The third kappa shape index (κ3) is 2.19. The summed E-state index contributed by atoms with van der Waals surface area (Å²) in [5.41, 5.74) is 5.89. The summed E-state index contributed by atoms with van der Waals surface area (Å²) in [6.45, 7) is 4.12. The normalized spacial score (nSPS) is 25.4. The van der Waals surface area contributed by atoms with Crippen molar-refractivity contribution >= 4 is 0 Å². The largest absolute Gasteiger partial charge is 0.330 e. The van der Waals surface area contributed by atoms with E-state index in [1.54, 1.807) is 0 Å². The summed E-state index contributed by atoms with van der Waals surface area (Å²) < 4.78 is 27.6. The number of nitrogens with two attached hydrogens (primary N) is 1. The number of benzene rings is 1. The maximum atomic E-state index is 13.8. The van der Waals surface area contributed by atoms with Crippen LogP contribution in [-0.4, -0.2) is 24.5 Å². The minimum absolute atomic E-state index is 0.140. The molecule has 0 radical (unpaired) electrons. The zero-order valence-electron chi connectivity index (χ0n) is 10.00. The van der Waals surface area contributed by atoms with Gasteiger partial charge >= 0.3 is 0 Å². The second-order valence-corrected chi connectivity index (χ2v) is 4.49. The summed E-state index contributed by atoms with van der Waals surface area (Å²) in [5.74, 6) is -0.788. The van der Waals surface area contributed by atoms with Crippen molar-refractivity contribution in [2.45, 2.75) is 19.4 Å². The van der Waals surface area contributed by atoms with E-state index in [0.29, 0.717) is 6.54 Å². The van der Waals surface area contributed by atoms with Crippen LogP contribution in [0.5, 0.6) is 0 Å². The average molecular weight is 240 g/mol. The number of nitrogens with zero attached hydrogens (tertiary/aromatic N) is 1. The SMILES string of the molecule is CCN1CCC(CN)C1c1c(F)cccc1F. The van der Waals surface area contributed by atoms with Gasteiger partial charge in [-0.2, -0.15) is 0 Å². The molecule has 2 nitrogen and oxygen atoms in total. The van der Waals surface area contributed by atoms with Gasteiger partial charge in [-0.05, 0) is 44.1 Å². The van der Waals surface area contributed by atoms with E-state index in [9.17, 15) is 8.78 Å². The molecular formula is C13H18F2N2. The Kier molecular flexibility index (Phi) is 3.74. The topological polar surface area (TPSA) is 29.3 Å². The molecule has 2 N–H and O–H groups in total. The highest BCUT2D eigenvalue weighted by Gasteiger charge is 2.36. The van der Waals surface area contributed by atoms with E-state index in [4.69, 9.17) is 5.73 Å². The van der Waals surface area contributed by atoms with Crippen LogP contribution in [-0.2, 0) is 0 Å². The van der Waals surface area contributed by atoms with Crippen molar-refractivity contribution in [1.29, 1.82) is 0 Å². The van der Waals surface area contributed by atoms with Crippen LogP contribution in [0.25, 0.3) is 0 Å². The van der Waals surface area contributed by atoms with Crippen molar-refractivity contribution in [2.24, 2.45) is 11.7 Å². The summed E-state index contributed by atoms with van der Waals surface area (Å²) in [5, 5.41) is 0. The highest BCUT2D eigenvalue weighted by molar-refractivity contribution is 5.25. The lowest BCUT2D eigenvalue weighted by Gasteiger charge is -2.27. The second-order valence-electron chi connectivity index (χ2n) is 4.49. The van der Waals surface area contributed by atoms with Crippen molar-refractivity contribution < 1.29 is 8.78 Å². The van der Waals surface area contributed by atoms with Gasteiger partial charge in [0.15, 0.2) is 0 Å². The van der Waals surface area contributed by atoms with Gasteiger partial charge in [0.2, 0.25) is 0 Å². The first-order chi connectivity index (χ1) is 8.19. The average Bonchev–Trinajstić information content (AvgIpc) is 2.72. The van der Waals surface area contributed by atoms with Gasteiger partial charge in [0.25, 0.3) is 0 Å². The molecule has 1 aliphatic heterocycles. The van der Waals surface area contributed by atoms with Crippen LogP contribution in [0, 0.1) is 17.6 Å². The standard InChI is InChI=1S/C13H18F2N2/c1-2-17-7-6-9(8-16)13(17)12-10(14)4-3-5-11(12)15/h3-5,9,13H,2,6-8,16H2,1H3. The van der Waals surface area contributed by atoms with Gasteiger partial charge in [0.05, 0.1) is 0 Å². The molecule has 1 aliphatic rings. The molecule has 1 heterocycles. The summed E-state index contributed by atoms with van der Waals surface area (Å²) >= 11 is 0. The summed E-state index contributed by atoms with van der Waals surface area (Å²) in [7, 11) is 0. The minimum Gasteiger partial charge on any atom is -0.330 e. The third-order valence-corrected chi connectivity index (χ3v) is 3.63. The van der Waals surface area contributed by atoms with Crippen molar-refractivity contribution in [3.05, 3.63) is 35.4 Å². The fraction of sp³-hybridized carbons (Fsp3) is 0.538. The van der Waals surface area contributed by atoms with Crippen LogP contribution >= 0.6 is 0 Å². The molecule has 2 atom stereocenters. The summed E-state index contributed by atoms with van der Waals surface area (Å²) in [4.78, 5) is 2.10. The quantitative estimate of drug-likeness (QED) is 0.878. The first-order valence-electron chi connectivity index (χ1n) is 6.07. The Morgan fingerprint density at radius 3 is 2.53 bits per heavy atom. The first-order valence-corrected chi connectivity index (χ1v) is 6.07. The van der Waals surface area contributed by atoms with Crippen LogP contribution in [0.3, 0.4) is 0 Å². The molecule has 0 saturated carbocycles. The molecule has 1 saturated heterocycles. The molecule has 2 rings (SSSR count). The molecule has 4 heteroatoms. The van der Waals surface area contributed by atoms with Gasteiger partial charge in [-0.1, -0.05) is 13.0 Å². The smallest absolute Gasteiger partial charge is 0.130 e. The fourth-order valence-electron chi connectivity index (χ4n) is 2.74. The molecule has 0 aliphatic carbocycles. The summed E-state index contributed by atoms with van der Waals surface area (Å²) in [6.07, 6.45) is 0.906. The number of hydrogen-bond acceptors (Lipinski definition) is 2. The lowest BCUT2D eigenvalue weighted by Crippen LogP contribution is -2.29. The summed E-state index contributed by atoms with van der Waals surface area (Å²) in [6, 6.07) is 3.82. The number of halogens is 2. The van der Waals surface area contributed by atoms with Crippen molar-refractivity contribution in [2.75, 3.05) is 19.6 Å². The first kappa shape index (κ1) is 12.5. The lowest BCUT2D eigenvalue weighted by molar-refractivity contribution is 0.230. The Balaban J connectivity index is 2.41. The Morgan fingerprint density at radius 1 is 1.35 bits per heavy atom. The van der Waals surface area contributed by atoms with Crippen LogP contribution in [0.2, 0.25) is 0 Å². The van der Waals surface area contributed by atoms with E-state index in [1.165, 1.54) is 18.2 Å². The van der Waals surface area contributed by atoms with Crippen molar-refractivity contribution in [3.63, 3.8) is 0 Å². The van der Waals surface area contributed by atoms with Gasteiger partial charge in [-0.25, -0.2) is 8.78 Å². The third-order valence-electron chi connectivity index (χ3n) is 3.63. The molecule has 1 fully saturated rings. The van der Waals surface area contributed by atoms with Gasteiger partial charge in [0, 0.05) is 11.6 Å². The Bertz CT molecular complexity index is 363. The molecule has 1 aromatic carbocycles. The number of likely N-dealkylation sites (tertiary alicyclic amines) is 1. The lowest BCUT2D eigenvalue weighted by atomic mass is 9.93. The predicted molar refractivity (Wildman–Crippen MR) is 63.5 cm³/mol. The molecule has 1 aromatic rings. The van der Waals surface area contributed by atoms with Crippen LogP contribution in [0.15, 0.2) is 18.2 Å². The van der Waals surface area contributed by atoms with E-state index in [-0.39, 0.29) is 17.5 Å². The van der Waals surface area contributed by atoms with E-state index < -0.39 is 11.6 Å². The van der Waals surface area contributed by atoms with Crippen LogP contribution in [0.1, 0.15) is 24.9 Å².